The summed E-state index contributed by atoms with van der Waals surface area (Å²) in [6.45, 7) is 12.4. The molecular formula is C15H26N4OS. The van der Waals surface area contributed by atoms with Crippen molar-refractivity contribution in [1.82, 2.24) is 15.2 Å². The first-order chi connectivity index (χ1) is 10.3. The molecule has 3 rings (SSSR count). The van der Waals surface area contributed by atoms with E-state index in [1.807, 2.05) is 11.3 Å². The van der Waals surface area contributed by atoms with Gasteiger partial charge in [0.1, 0.15) is 0 Å². The van der Waals surface area contributed by atoms with Crippen LogP contribution in [0.2, 0.25) is 0 Å². The van der Waals surface area contributed by atoms with Crippen LogP contribution in [-0.2, 0) is 11.3 Å². The van der Waals surface area contributed by atoms with Crippen LogP contribution in [0.25, 0.3) is 0 Å². The minimum absolute atomic E-state index is 0.676. The maximum atomic E-state index is 5.45. The monoisotopic (exact) mass is 310 g/mol. The third kappa shape index (κ3) is 3.56. The van der Waals surface area contributed by atoms with Gasteiger partial charge < -0.3 is 15.0 Å². The molecule has 2 aliphatic heterocycles. The standard InChI is InChI=1S/C15H26N4OS/c1-3-16-10-14-12(2)17-15(21-14)19-5-4-13(11-19)18-6-8-20-9-7-18/h13,16H,3-11H2,1-2H3. The number of aryl methyl sites for hydroxylation is 1. The molecule has 1 unspecified atom stereocenters. The average Bonchev–Trinajstić information content (AvgIpc) is 3.13. The lowest BCUT2D eigenvalue weighted by Gasteiger charge is -2.32. The zero-order chi connectivity index (χ0) is 14.7. The molecule has 0 amide bonds. The highest BCUT2D eigenvalue weighted by Crippen LogP contribution is 2.30. The van der Waals surface area contributed by atoms with E-state index in [9.17, 15) is 0 Å². The van der Waals surface area contributed by atoms with Crippen LogP contribution in [-0.4, -0.2) is 61.9 Å². The molecule has 3 heterocycles. The molecule has 0 aliphatic carbocycles. The van der Waals surface area contributed by atoms with Gasteiger partial charge in [-0.2, -0.15) is 0 Å². The number of aromatic nitrogens is 1. The molecule has 0 bridgehead atoms. The number of rotatable bonds is 5. The summed E-state index contributed by atoms with van der Waals surface area (Å²) in [5, 5.41) is 4.60. The quantitative estimate of drug-likeness (QED) is 0.892. The summed E-state index contributed by atoms with van der Waals surface area (Å²) >= 11 is 1.85. The largest absolute Gasteiger partial charge is 0.379 e. The van der Waals surface area contributed by atoms with Crippen LogP contribution >= 0.6 is 11.3 Å². The van der Waals surface area contributed by atoms with E-state index in [-0.39, 0.29) is 0 Å². The maximum Gasteiger partial charge on any atom is 0.185 e. The van der Waals surface area contributed by atoms with Crippen molar-refractivity contribution in [2.24, 2.45) is 0 Å². The Kier molecular flexibility index (Phi) is 5.11. The average molecular weight is 310 g/mol. The molecule has 1 N–H and O–H groups in total. The summed E-state index contributed by atoms with van der Waals surface area (Å²) in [4.78, 5) is 11.2. The first-order valence-electron chi connectivity index (χ1n) is 8.01. The van der Waals surface area contributed by atoms with Gasteiger partial charge in [0.05, 0.1) is 18.9 Å². The fraction of sp³-hybridized carbons (Fsp3) is 0.800. The molecule has 0 radical (unpaired) electrons. The maximum absolute atomic E-state index is 5.45. The van der Waals surface area contributed by atoms with E-state index >= 15 is 0 Å². The van der Waals surface area contributed by atoms with Gasteiger partial charge in [-0.1, -0.05) is 6.92 Å². The topological polar surface area (TPSA) is 40.6 Å². The summed E-state index contributed by atoms with van der Waals surface area (Å²) in [7, 11) is 0. The van der Waals surface area contributed by atoms with Gasteiger partial charge in [0.25, 0.3) is 0 Å². The molecule has 2 aliphatic rings. The van der Waals surface area contributed by atoms with Crippen molar-refractivity contribution in [3.63, 3.8) is 0 Å². The lowest BCUT2D eigenvalue weighted by molar-refractivity contribution is 0.0209. The van der Waals surface area contributed by atoms with Gasteiger partial charge in [-0.15, -0.1) is 11.3 Å². The van der Waals surface area contributed by atoms with Crippen molar-refractivity contribution >= 4 is 16.5 Å². The van der Waals surface area contributed by atoms with E-state index in [1.165, 1.54) is 22.1 Å². The number of nitrogens with zero attached hydrogens (tertiary/aromatic N) is 3. The van der Waals surface area contributed by atoms with Gasteiger partial charge >= 0.3 is 0 Å². The van der Waals surface area contributed by atoms with Crippen LogP contribution in [0.15, 0.2) is 0 Å². The normalized spacial score (nSPS) is 23.9. The van der Waals surface area contributed by atoms with E-state index in [0.717, 1.165) is 52.5 Å². The van der Waals surface area contributed by atoms with Crippen molar-refractivity contribution in [2.75, 3.05) is 50.8 Å². The van der Waals surface area contributed by atoms with Crippen molar-refractivity contribution in [2.45, 2.75) is 32.9 Å². The van der Waals surface area contributed by atoms with Crippen LogP contribution < -0.4 is 10.2 Å². The predicted octanol–water partition coefficient (Wildman–Crippen LogP) is 1.47. The van der Waals surface area contributed by atoms with E-state index in [4.69, 9.17) is 9.72 Å². The molecule has 2 fully saturated rings. The Morgan fingerprint density at radius 2 is 2.14 bits per heavy atom. The van der Waals surface area contributed by atoms with Gasteiger partial charge in [0.15, 0.2) is 5.13 Å². The zero-order valence-electron chi connectivity index (χ0n) is 13.1. The Bertz CT molecular complexity index is 459. The van der Waals surface area contributed by atoms with Gasteiger partial charge in [-0.3, -0.25) is 4.90 Å². The second kappa shape index (κ2) is 7.05. The zero-order valence-corrected chi connectivity index (χ0v) is 13.9. The van der Waals surface area contributed by atoms with Gasteiger partial charge in [-0.05, 0) is 19.9 Å². The van der Waals surface area contributed by atoms with E-state index in [1.54, 1.807) is 0 Å². The highest BCUT2D eigenvalue weighted by Gasteiger charge is 2.30. The molecule has 0 aromatic carbocycles. The van der Waals surface area contributed by atoms with E-state index < -0.39 is 0 Å². The van der Waals surface area contributed by atoms with Crippen LogP contribution in [0.4, 0.5) is 5.13 Å². The minimum Gasteiger partial charge on any atom is -0.379 e. The van der Waals surface area contributed by atoms with Crippen LogP contribution in [0.5, 0.6) is 0 Å². The van der Waals surface area contributed by atoms with E-state index in [2.05, 4.69) is 29.0 Å². The summed E-state index contributed by atoms with van der Waals surface area (Å²) in [5.74, 6) is 0. The fourth-order valence-corrected chi connectivity index (χ4v) is 4.17. The number of nitrogens with one attached hydrogen (secondary N) is 1. The molecule has 5 nitrogen and oxygen atoms in total. The molecule has 1 aromatic rings. The molecule has 0 saturated carbocycles. The molecule has 2 saturated heterocycles. The second-order valence-electron chi connectivity index (χ2n) is 5.82. The number of hydrogen-bond donors (Lipinski definition) is 1. The highest BCUT2D eigenvalue weighted by atomic mass is 32.1. The van der Waals surface area contributed by atoms with Gasteiger partial charge in [-0.25, -0.2) is 4.98 Å². The van der Waals surface area contributed by atoms with Gasteiger partial charge in [0, 0.05) is 43.6 Å². The third-order valence-electron chi connectivity index (χ3n) is 4.41. The summed E-state index contributed by atoms with van der Waals surface area (Å²) in [5.41, 5.74) is 1.19. The van der Waals surface area contributed by atoms with Crippen LogP contribution in [0.1, 0.15) is 23.9 Å². The molecule has 0 spiro atoms. The fourth-order valence-electron chi connectivity index (χ4n) is 3.11. The lowest BCUT2D eigenvalue weighted by Crippen LogP contribution is -2.44. The number of thiazole rings is 1. The van der Waals surface area contributed by atoms with Crippen molar-refractivity contribution in [3.8, 4) is 0 Å². The predicted molar refractivity (Wildman–Crippen MR) is 87.2 cm³/mol. The third-order valence-corrected chi connectivity index (χ3v) is 5.63. The molecule has 1 atom stereocenters. The van der Waals surface area contributed by atoms with E-state index in [0.29, 0.717) is 6.04 Å². The number of morpholine rings is 1. The smallest absolute Gasteiger partial charge is 0.185 e. The summed E-state index contributed by atoms with van der Waals surface area (Å²) < 4.78 is 5.45. The molecule has 118 valence electrons. The Hall–Kier alpha value is -0.690. The first-order valence-corrected chi connectivity index (χ1v) is 8.83. The Labute approximate surface area is 131 Å². The second-order valence-corrected chi connectivity index (χ2v) is 6.88. The van der Waals surface area contributed by atoms with Crippen LogP contribution in [0.3, 0.4) is 0 Å². The van der Waals surface area contributed by atoms with Crippen molar-refractivity contribution < 1.29 is 4.74 Å². The summed E-state index contributed by atoms with van der Waals surface area (Å²) in [6, 6.07) is 0.676. The SMILES string of the molecule is CCNCc1sc(N2CCC(N3CCOCC3)C2)nc1C. The molecule has 21 heavy (non-hydrogen) atoms. The Morgan fingerprint density at radius 1 is 1.33 bits per heavy atom. The number of ether oxygens (including phenoxy) is 1. The number of hydrogen-bond acceptors (Lipinski definition) is 6. The van der Waals surface area contributed by atoms with Crippen LogP contribution in [0, 0.1) is 6.92 Å². The Morgan fingerprint density at radius 3 is 2.90 bits per heavy atom. The highest BCUT2D eigenvalue weighted by molar-refractivity contribution is 7.15. The summed E-state index contributed by atoms with van der Waals surface area (Å²) in [6.07, 6.45) is 1.25. The minimum atomic E-state index is 0.676. The van der Waals surface area contributed by atoms with Gasteiger partial charge in [0.2, 0.25) is 0 Å². The molecular weight excluding hydrogens is 284 g/mol. The number of anilines is 1. The molecule has 6 heteroatoms. The molecule has 1 aromatic heterocycles. The Balaban J connectivity index is 1.60. The van der Waals surface area contributed by atoms with Crippen molar-refractivity contribution in [3.05, 3.63) is 10.6 Å². The lowest BCUT2D eigenvalue weighted by atomic mass is 10.2. The van der Waals surface area contributed by atoms with Crippen molar-refractivity contribution in [1.29, 1.82) is 0 Å². The first kappa shape index (κ1) is 15.2.